The molecule has 2 heterocycles. The van der Waals surface area contributed by atoms with Gasteiger partial charge in [0.2, 0.25) is 5.91 Å². The summed E-state index contributed by atoms with van der Waals surface area (Å²) in [6.07, 6.45) is -4.48. The van der Waals surface area contributed by atoms with E-state index < -0.39 is 54.5 Å². The van der Waals surface area contributed by atoms with E-state index in [9.17, 15) is 14.7 Å². The summed E-state index contributed by atoms with van der Waals surface area (Å²) >= 11 is 0. The van der Waals surface area contributed by atoms with Crippen LogP contribution >= 0.6 is 0 Å². The summed E-state index contributed by atoms with van der Waals surface area (Å²) in [5.74, 6) is -1.33. The second-order valence-electron chi connectivity index (χ2n) is 9.57. The second-order valence-corrected chi connectivity index (χ2v) is 9.57. The molecular formula is C27H34N2O8. The second kappa shape index (κ2) is 12.0. The van der Waals surface area contributed by atoms with Crippen LogP contribution in [0.4, 0.5) is 4.79 Å². The summed E-state index contributed by atoms with van der Waals surface area (Å²) in [7, 11) is 0. The summed E-state index contributed by atoms with van der Waals surface area (Å²) in [5, 5.41) is 16.0. The third-order valence-electron chi connectivity index (χ3n) is 6.12. The minimum Gasteiger partial charge on any atom is -0.445 e. The van der Waals surface area contributed by atoms with Crippen molar-refractivity contribution in [3.63, 3.8) is 0 Å². The number of ether oxygens (including phenoxy) is 5. The van der Waals surface area contributed by atoms with Crippen LogP contribution in [0.15, 0.2) is 60.7 Å². The van der Waals surface area contributed by atoms with Gasteiger partial charge in [-0.15, -0.1) is 0 Å². The van der Waals surface area contributed by atoms with Gasteiger partial charge in [-0.2, -0.15) is 0 Å². The minimum atomic E-state index is -1.11. The van der Waals surface area contributed by atoms with Gasteiger partial charge in [0.1, 0.15) is 37.1 Å². The van der Waals surface area contributed by atoms with Gasteiger partial charge >= 0.3 is 6.09 Å². The predicted octanol–water partition coefficient (Wildman–Crippen LogP) is 2.24. The third-order valence-corrected chi connectivity index (χ3v) is 6.12. The molecule has 2 amide bonds. The highest BCUT2D eigenvalue weighted by molar-refractivity contribution is 5.85. The molecule has 0 aromatic heterocycles. The highest BCUT2D eigenvalue weighted by Crippen LogP contribution is 2.39. The molecule has 2 aromatic carbocycles. The fourth-order valence-electron chi connectivity index (χ4n) is 4.25. The predicted molar refractivity (Wildman–Crippen MR) is 132 cm³/mol. The standard InChI is InChI=1S/C27H34N2O8/c1-17(29-26(32)34-16-19-12-8-5-9-13-19)24(31)28-14-20(30)21-22(33-15-18-10-6-4-7-11-18)23-25(35-21)37-27(2,3)36-23/h4-13,17,20-23,25,30H,14-16H2,1-3H3,(H,28,31)(H,29,32)/t17-,20+,21+,22-,23+,25+/m0/s1. The van der Waals surface area contributed by atoms with Crippen molar-refractivity contribution in [2.24, 2.45) is 0 Å². The normalized spacial score (nSPS) is 25.6. The number of carbonyl (C=O) groups excluding carboxylic acids is 2. The molecule has 2 aliphatic rings. The highest BCUT2D eigenvalue weighted by atomic mass is 16.8. The maximum atomic E-state index is 12.5. The number of fused-ring (bicyclic) bond motifs is 1. The lowest BCUT2D eigenvalue weighted by molar-refractivity contribution is -0.230. The highest BCUT2D eigenvalue weighted by Gasteiger charge is 2.57. The average Bonchev–Trinajstić information content (AvgIpc) is 3.37. The quantitative estimate of drug-likeness (QED) is 0.441. The molecule has 37 heavy (non-hydrogen) atoms. The first-order valence-electron chi connectivity index (χ1n) is 12.3. The van der Waals surface area contributed by atoms with Crippen molar-refractivity contribution < 1.29 is 38.4 Å². The van der Waals surface area contributed by atoms with Crippen LogP contribution in [0, 0.1) is 0 Å². The molecule has 0 saturated carbocycles. The lowest BCUT2D eigenvalue weighted by Crippen LogP contribution is -2.50. The number of aliphatic hydroxyl groups is 1. The summed E-state index contributed by atoms with van der Waals surface area (Å²) in [5.41, 5.74) is 1.80. The van der Waals surface area contributed by atoms with Crippen LogP contribution in [0.5, 0.6) is 0 Å². The Morgan fingerprint density at radius 3 is 2.27 bits per heavy atom. The molecule has 2 fully saturated rings. The number of amides is 2. The maximum absolute atomic E-state index is 12.5. The molecule has 0 spiro atoms. The Hall–Kier alpha value is -3.02. The summed E-state index contributed by atoms with van der Waals surface area (Å²) in [4.78, 5) is 24.6. The van der Waals surface area contributed by atoms with Gasteiger partial charge < -0.3 is 39.4 Å². The van der Waals surface area contributed by atoms with Crippen LogP contribution in [-0.2, 0) is 41.7 Å². The first-order chi connectivity index (χ1) is 17.7. The van der Waals surface area contributed by atoms with Gasteiger partial charge in [0.15, 0.2) is 12.1 Å². The van der Waals surface area contributed by atoms with Gasteiger partial charge in [0, 0.05) is 6.54 Å². The zero-order valence-electron chi connectivity index (χ0n) is 21.2. The van der Waals surface area contributed by atoms with Crippen LogP contribution in [0.2, 0.25) is 0 Å². The van der Waals surface area contributed by atoms with E-state index in [1.54, 1.807) is 13.8 Å². The topological polar surface area (TPSA) is 125 Å². The van der Waals surface area contributed by atoms with E-state index in [2.05, 4.69) is 10.6 Å². The lowest BCUT2D eigenvalue weighted by Gasteiger charge is -2.29. The van der Waals surface area contributed by atoms with Crippen molar-refractivity contribution in [3.05, 3.63) is 71.8 Å². The van der Waals surface area contributed by atoms with Gasteiger partial charge in [0.25, 0.3) is 0 Å². The zero-order valence-corrected chi connectivity index (χ0v) is 21.2. The molecule has 10 heteroatoms. The summed E-state index contributed by atoms with van der Waals surface area (Å²) in [6.45, 7) is 5.36. The molecule has 3 N–H and O–H groups in total. The number of alkyl carbamates (subject to hydrolysis) is 1. The summed E-state index contributed by atoms with van der Waals surface area (Å²) in [6, 6.07) is 18.0. The lowest BCUT2D eigenvalue weighted by atomic mass is 10.0. The Morgan fingerprint density at radius 2 is 1.62 bits per heavy atom. The van der Waals surface area contributed by atoms with Crippen molar-refractivity contribution in [2.45, 2.75) is 76.5 Å². The Labute approximate surface area is 216 Å². The molecule has 0 aliphatic carbocycles. The van der Waals surface area contributed by atoms with Gasteiger partial charge in [-0.3, -0.25) is 4.79 Å². The van der Waals surface area contributed by atoms with Crippen LogP contribution in [0.1, 0.15) is 31.9 Å². The molecule has 0 unspecified atom stereocenters. The number of rotatable bonds is 10. The van der Waals surface area contributed by atoms with Crippen molar-refractivity contribution in [1.29, 1.82) is 0 Å². The van der Waals surface area contributed by atoms with E-state index >= 15 is 0 Å². The zero-order chi connectivity index (χ0) is 26.4. The number of benzene rings is 2. The monoisotopic (exact) mass is 514 g/mol. The molecule has 4 rings (SSSR count). The molecule has 6 atom stereocenters. The Bertz CT molecular complexity index is 1040. The average molecular weight is 515 g/mol. The number of hydrogen-bond acceptors (Lipinski definition) is 8. The van der Waals surface area contributed by atoms with E-state index in [4.69, 9.17) is 23.7 Å². The van der Waals surface area contributed by atoms with Crippen molar-refractivity contribution in [1.82, 2.24) is 10.6 Å². The first kappa shape index (κ1) is 27.0. The SMILES string of the molecule is C[C@H](NC(=O)OCc1ccccc1)C(=O)NC[C@@H](O)[C@H]1O[C@@H]2OC(C)(C)O[C@@H]2[C@H]1OCc1ccccc1. The minimum absolute atomic E-state index is 0.0897. The van der Waals surface area contributed by atoms with E-state index in [-0.39, 0.29) is 13.2 Å². The first-order valence-corrected chi connectivity index (χ1v) is 12.3. The van der Waals surface area contributed by atoms with E-state index in [1.807, 2.05) is 60.7 Å². The van der Waals surface area contributed by atoms with Gasteiger partial charge in [-0.1, -0.05) is 60.7 Å². The van der Waals surface area contributed by atoms with Crippen molar-refractivity contribution in [2.75, 3.05) is 6.54 Å². The summed E-state index contributed by atoms with van der Waals surface area (Å²) < 4.78 is 29.0. The molecule has 0 bridgehead atoms. The maximum Gasteiger partial charge on any atom is 0.408 e. The van der Waals surface area contributed by atoms with Crippen molar-refractivity contribution in [3.8, 4) is 0 Å². The Kier molecular flexibility index (Phi) is 8.78. The Morgan fingerprint density at radius 1 is 1.00 bits per heavy atom. The number of carbonyl (C=O) groups is 2. The molecule has 0 radical (unpaired) electrons. The molecule has 200 valence electrons. The third kappa shape index (κ3) is 7.27. The largest absolute Gasteiger partial charge is 0.445 e. The van der Waals surface area contributed by atoms with Crippen LogP contribution in [-0.4, -0.2) is 66.2 Å². The number of hydrogen-bond donors (Lipinski definition) is 3. The van der Waals surface area contributed by atoms with Crippen LogP contribution in [0.25, 0.3) is 0 Å². The number of aliphatic hydroxyl groups excluding tert-OH is 1. The van der Waals surface area contributed by atoms with Gasteiger partial charge in [-0.05, 0) is 31.9 Å². The smallest absolute Gasteiger partial charge is 0.408 e. The van der Waals surface area contributed by atoms with E-state index in [0.717, 1.165) is 11.1 Å². The molecule has 2 saturated heterocycles. The molecular weight excluding hydrogens is 480 g/mol. The molecule has 10 nitrogen and oxygen atoms in total. The van der Waals surface area contributed by atoms with Crippen LogP contribution in [0.3, 0.4) is 0 Å². The fraction of sp³-hybridized carbons (Fsp3) is 0.481. The number of nitrogens with one attached hydrogen (secondary N) is 2. The fourth-order valence-corrected chi connectivity index (χ4v) is 4.25. The molecule has 2 aromatic rings. The molecule has 2 aliphatic heterocycles. The van der Waals surface area contributed by atoms with Gasteiger partial charge in [0.05, 0.1) is 6.61 Å². The van der Waals surface area contributed by atoms with E-state index in [1.165, 1.54) is 6.92 Å². The van der Waals surface area contributed by atoms with Crippen molar-refractivity contribution >= 4 is 12.0 Å². The van der Waals surface area contributed by atoms with E-state index in [0.29, 0.717) is 6.61 Å². The Balaban J connectivity index is 1.27. The van der Waals surface area contributed by atoms with Gasteiger partial charge in [-0.25, -0.2) is 4.79 Å². The van der Waals surface area contributed by atoms with Crippen LogP contribution < -0.4 is 10.6 Å².